The Morgan fingerprint density at radius 2 is 1.67 bits per heavy atom. The molecule has 0 fully saturated rings. The third-order valence-electron chi connectivity index (χ3n) is 1.35. The first-order valence-corrected chi connectivity index (χ1v) is 4.16. The van der Waals surface area contributed by atoms with Crippen LogP contribution >= 0.6 is 0 Å². The van der Waals surface area contributed by atoms with Crippen molar-refractivity contribution in [2.24, 2.45) is 0 Å². The van der Waals surface area contributed by atoms with Crippen LogP contribution in [0.1, 0.15) is 12.8 Å². The monoisotopic (exact) mass is 405 g/mol. The predicted octanol–water partition coefficient (Wildman–Crippen LogP) is -1.17. The van der Waals surface area contributed by atoms with E-state index < -0.39 is 36.4 Å². The van der Waals surface area contributed by atoms with Gasteiger partial charge in [0.15, 0.2) is 0 Å². The molecule has 1 unspecified atom stereocenters. The zero-order valence-corrected chi connectivity index (χ0v) is 9.56. The zero-order chi connectivity index (χ0) is 11.4. The van der Waals surface area contributed by atoms with E-state index in [4.69, 9.17) is 10.2 Å². The summed E-state index contributed by atoms with van der Waals surface area (Å²) in [5, 5.41) is 26.1. The molecule has 0 rings (SSSR count). The summed E-state index contributed by atoms with van der Waals surface area (Å²) in [4.78, 5) is 31.4. The van der Waals surface area contributed by atoms with Gasteiger partial charge in [0.1, 0.15) is 0 Å². The summed E-state index contributed by atoms with van der Waals surface area (Å²) in [7, 11) is 0. The summed E-state index contributed by atoms with van der Waals surface area (Å²) in [5.41, 5.74) is -2.62. The average Bonchev–Trinajstić information content (AvgIpc) is 2.02. The van der Waals surface area contributed by atoms with Gasteiger partial charge >= 0.3 is 90.8 Å². The molecule has 0 bridgehead atoms. The van der Waals surface area contributed by atoms with Crippen molar-refractivity contribution in [3.63, 3.8) is 0 Å². The average molecular weight is 405 g/mol. The van der Waals surface area contributed by atoms with E-state index in [1.807, 2.05) is 0 Å². The van der Waals surface area contributed by atoms with E-state index in [2.05, 4.69) is 3.24 Å². The van der Waals surface area contributed by atoms with Crippen molar-refractivity contribution in [1.29, 1.82) is 0 Å². The van der Waals surface area contributed by atoms with Gasteiger partial charge in [-0.25, -0.2) is 0 Å². The normalized spacial score (nSPS) is 13.3. The van der Waals surface area contributed by atoms with Crippen molar-refractivity contribution in [2.75, 3.05) is 0 Å². The molecule has 92 valence electrons. The first-order chi connectivity index (χ1) is 6.31. The molecule has 0 saturated carbocycles. The summed E-state index contributed by atoms with van der Waals surface area (Å²) < 4.78 is 4.07. The van der Waals surface area contributed by atoms with Gasteiger partial charge in [-0.05, 0) is 0 Å². The number of carboxylic acids is 2. The maximum absolute atomic E-state index is 10.7. The fourth-order valence-corrected chi connectivity index (χ4v) is 0.881. The van der Waals surface area contributed by atoms with Crippen LogP contribution in [0.25, 0.3) is 0 Å². The van der Waals surface area contributed by atoms with Gasteiger partial charge in [-0.1, -0.05) is 0 Å². The van der Waals surface area contributed by atoms with Crippen LogP contribution in [0.3, 0.4) is 0 Å². The number of hydrogen-bond acceptors (Lipinski definition) is 6. The molecule has 6 N–H and O–H groups in total. The molecule has 0 radical (unpaired) electrons. The summed E-state index contributed by atoms with van der Waals surface area (Å²) in [6.07, 6.45) is -1.98. The van der Waals surface area contributed by atoms with Gasteiger partial charge in [0.25, 0.3) is 0 Å². The molecular formula is C6H10AuNO7. The number of rotatable bonds is 5. The fourth-order valence-electron chi connectivity index (χ4n) is 0.724. The first kappa shape index (κ1) is 16.5. The van der Waals surface area contributed by atoms with Gasteiger partial charge in [0.2, 0.25) is 0 Å². The van der Waals surface area contributed by atoms with E-state index in [1.165, 1.54) is 21.5 Å². The summed E-state index contributed by atoms with van der Waals surface area (Å²) in [6.45, 7) is 0. The van der Waals surface area contributed by atoms with Crippen LogP contribution in [0, 0.1) is 0 Å². The minimum absolute atomic E-state index is 0. The van der Waals surface area contributed by atoms with E-state index in [0.29, 0.717) is 0 Å². The van der Waals surface area contributed by atoms with E-state index in [0.717, 1.165) is 0 Å². The van der Waals surface area contributed by atoms with Gasteiger partial charge in [-0.15, -0.1) is 0 Å². The molecule has 0 aromatic heterocycles. The maximum atomic E-state index is 10.7. The van der Waals surface area contributed by atoms with Crippen molar-refractivity contribution in [3.05, 3.63) is 0 Å². The van der Waals surface area contributed by atoms with Crippen molar-refractivity contribution < 1.29 is 54.4 Å². The molecule has 0 amide bonds. The van der Waals surface area contributed by atoms with Gasteiger partial charge in [0, 0.05) is 0 Å². The van der Waals surface area contributed by atoms with E-state index in [9.17, 15) is 19.5 Å². The Kier molecular flexibility index (Phi) is 7.19. The molecule has 0 aromatic carbocycles. The van der Waals surface area contributed by atoms with E-state index in [1.54, 1.807) is 0 Å². The summed E-state index contributed by atoms with van der Waals surface area (Å²) in [5.74, 6) is -4.31. The molecule has 9 heteroatoms. The molecule has 0 heterocycles. The van der Waals surface area contributed by atoms with Crippen molar-refractivity contribution in [2.45, 2.75) is 18.4 Å². The first-order valence-electron chi connectivity index (χ1n) is 3.27. The number of carbonyl (C=O) groups excluding carboxylic acids is 1. The van der Waals surface area contributed by atoms with E-state index >= 15 is 0 Å². The Bertz CT molecular complexity index is 268. The molecule has 0 aromatic rings. The van der Waals surface area contributed by atoms with Gasteiger partial charge < -0.3 is 6.15 Å². The molecule has 0 spiro atoms. The number of carbonyl (C=O) groups is 3. The van der Waals surface area contributed by atoms with Crippen LogP contribution in [-0.2, 0) is 39.1 Å². The standard InChI is InChI=1S/C6H8O7.Au.H3N/c7-3(8)1-6(13,5(11)12)2-4(9)10;;/h13H,1-2H2,(H,7,8)(H,9,10)(H,11,12);;1H3/q;+1;/p-1. The third-order valence-corrected chi connectivity index (χ3v) is 1.84. The Morgan fingerprint density at radius 3 is 1.93 bits per heavy atom. The van der Waals surface area contributed by atoms with Crippen molar-refractivity contribution in [3.8, 4) is 0 Å². The molecule has 0 aliphatic carbocycles. The molecule has 0 saturated heterocycles. The summed E-state index contributed by atoms with van der Waals surface area (Å²) in [6, 6.07) is 0. The second kappa shape index (κ2) is 6.53. The number of aliphatic hydroxyl groups is 1. The molecule has 15 heavy (non-hydrogen) atoms. The van der Waals surface area contributed by atoms with Crippen LogP contribution in [0.15, 0.2) is 0 Å². The number of aliphatic carboxylic acids is 2. The van der Waals surface area contributed by atoms with E-state index in [-0.39, 0.29) is 6.15 Å². The molecule has 0 aliphatic rings. The van der Waals surface area contributed by atoms with Crippen molar-refractivity contribution in [1.82, 2.24) is 6.15 Å². The second-order valence-electron chi connectivity index (χ2n) is 2.52. The minimum atomic E-state index is -2.62. The zero-order valence-electron chi connectivity index (χ0n) is 7.40. The fraction of sp³-hybridized carbons (Fsp3) is 0.500. The SMILES string of the molecule is N.O=C(O)CC(O)(CC(=O)[O][Au])C(=O)O. The molecular weight excluding hydrogens is 395 g/mol. The Balaban J connectivity index is 0. The Labute approximate surface area is 97.2 Å². The number of hydrogen-bond donors (Lipinski definition) is 4. The van der Waals surface area contributed by atoms with Gasteiger partial charge in [-0.2, -0.15) is 0 Å². The second-order valence-corrected chi connectivity index (χ2v) is 2.96. The van der Waals surface area contributed by atoms with Gasteiger partial charge in [-0.3, -0.25) is 0 Å². The number of carboxylic acid groups (broad SMARTS) is 2. The van der Waals surface area contributed by atoms with Crippen LogP contribution in [0.5, 0.6) is 0 Å². The van der Waals surface area contributed by atoms with Crippen LogP contribution in [0.4, 0.5) is 0 Å². The molecule has 1 atom stereocenters. The Hall–Kier alpha value is -0.930. The molecule has 0 aliphatic heterocycles. The van der Waals surface area contributed by atoms with Crippen LogP contribution in [-0.4, -0.2) is 38.8 Å². The topological polar surface area (TPSA) is 156 Å². The predicted molar refractivity (Wildman–Crippen MR) is 40.6 cm³/mol. The molecule has 8 nitrogen and oxygen atoms in total. The van der Waals surface area contributed by atoms with Gasteiger partial charge in [0.05, 0.1) is 0 Å². The third kappa shape index (κ3) is 5.50. The Morgan fingerprint density at radius 1 is 1.20 bits per heavy atom. The van der Waals surface area contributed by atoms with Crippen molar-refractivity contribution >= 4 is 17.9 Å². The van der Waals surface area contributed by atoms with Crippen LogP contribution in [0.2, 0.25) is 0 Å². The van der Waals surface area contributed by atoms with Crippen LogP contribution < -0.4 is 6.15 Å². The summed E-state index contributed by atoms with van der Waals surface area (Å²) >= 11 is 1.38. The quantitative estimate of drug-likeness (QED) is 0.417.